The van der Waals surface area contributed by atoms with Crippen molar-refractivity contribution in [2.24, 2.45) is 11.7 Å². The molecule has 10 nitrogen and oxygen atoms in total. The summed E-state index contributed by atoms with van der Waals surface area (Å²) in [5, 5.41) is 21.1. The SMILES string of the molecule is CC(C)C(N)C(=O)N1CCCC1C(=O)N1CCCC1C(=O)NC(C(=O)O)C(C)O. The number of aliphatic hydroxyl groups excluding tert-OH is 1. The van der Waals surface area contributed by atoms with Crippen LogP contribution in [0.4, 0.5) is 0 Å². The van der Waals surface area contributed by atoms with Gasteiger partial charge in [0.05, 0.1) is 12.1 Å². The van der Waals surface area contributed by atoms with E-state index >= 15 is 0 Å². The van der Waals surface area contributed by atoms with Crippen molar-refractivity contribution < 1.29 is 29.4 Å². The first-order valence-corrected chi connectivity index (χ1v) is 10.1. The average Bonchev–Trinajstić information content (AvgIpc) is 3.32. The van der Waals surface area contributed by atoms with Gasteiger partial charge in [-0.25, -0.2) is 4.79 Å². The number of hydrogen-bond acceptors (Lipinski definition) is 6. The Morgan fingerprint density at radius 1 is 1.00 bits per heavy atom. The molecule has 0 aromatic heterocycles. The van der Waals surface area contributed by atoms with Gasteiger partial charge in [0.15, 0.2) is 6.04 Å². The zero-order chi connectivity index (χ0) is 21.9. The maximum Gasteiger partial charge on any atom is 0.328 e. The number of aliphatic hydroxyl groups is 1. The van der Waals surface area contributed by atoms with Crippen LogP contribution < -0.4 is 11.1 Å². The number of rotatable bonds is 7. The van der Waals surface area contributed by atoms with E-state index in [0.717, 1.165) is 0 Å². The average molecular weight is 412 g/mol. The minimum absolute atomic E-state index is 0.0578. The zero-order valence-electron chi connectivity index (χ0n) is 17.2. The standard InChI is InChI=1S/C19H32N4O6/c1-10(2)14(20)18(27)23-9-5-7-13(23)17(26)22-8-4-6-12(22)16(25)21-15(11(3)24)19(28)29/h10-15,24H,4-9,20H2,1-3H3,(H,21,25)(H,28,29). The van der Waals surface area contributed by atoms with E-state index in [9.17, 15) is 24.3 Å². The number of carbonyl (C=O) groups excluding carboxylic acids is 3. The molecule has 0 saturated carbocycles. The smallest absolute Gasteiger partial charge is 0.328 e. The first-order valence-electron chi connectivity index (χ1n) is 10.1. The molecule has 2 fully saturated rings. The first kappa shape index (κ1) is 23.1. The number of carboxylic acid groups (broad SMARTS) is 1. The minimum atomic E-state index is -1.45. The topological polar surface area (TPSA) is 153 Å². The van der Waals surface area contributed by atoms with Crippen molar-refractivity contribution in [1.82, 2.24) is 15.1 Å². The van der Waals surface area contributed by atoms with Crippen LogP contribution in [0.15, 0.2) is 0 Å². The van der Waals surface area contributed by atoms with Crippen molar-refractivity contribution in [2.45, 2.75) is 76.7 Å². The van der Waals surface area contributed by atoms with Gasteiger partial charge in [0.25, 0.3) is 0 Å². The number of nitrogens with two attached hydrogens (primary N) is 1. The molecule has 0 radical (unpaired) electrons. The van der Waals surface area contributed by atoms with Crippen LogP contribution >= 0.6 is 0 Å². The fraction of sp³-hybridized carbons (Fsp3) is 0.789. The molecule has 2 aliphatic rings. The zero-order valence-corrected chi connectivity index (χ0v) is 17.2. The van der Waals surface area contributed by atoms with Gasteiger partial charge in [-0.2, -0.15) is 0 Å². The Labute approximate surface area is 170 Å². The molecule has 5 N–H and O–H groups in total. The van der Waals surface area contributed by atoms with Gasteiger partial charge in [-0.05, 0) is 38.5 Å². The van der Waals surface area contributed by atoms with Crippen LogP contribution in [0, 0.1) is 5.92 Å². The molecule has 2 rings (SSSR count). The van der Waals surface area contributed by atoms with Crippen molar-refractivity contribution in [3.8, 4) is 0 Å². The van der Waals surface area contributed by atoms with Gasteiger partial charge in [0.2, 0.25) is 17.7 Å². The van der Waals surface area contributed by atoms with E-state index < -0.39 is 42.1 Å². The van der Waals surface area contributed by atoms with E-state index in [4.69, 9.17) is 10.8 Å². The second-order valence-electron chi connectivity index (χ2n) is 8.21. The molecule has 2 heterocycles. The fourth-order valence-corrected chi connectivity index (χ4v) is 3.90. The van der Waals surface area contributed by atoms with Crippen LogP contribution in [0.1, 0.15) is 46.5 Å². The highest BCUT2D eigenvalue weighted by atomic mass is 16.4. The van der Waals surface area contributed by atoms with Gasteiger partial charge >= 0.3 is 5.97 Å². The summed E-state index contributed by atoms with van der Waals surface area (Å²) in [5.41, 5.74) is 5.98. The molecule has 0 aliphatic carbocycles. The summed E-state index contributed by atoms with van der Waals surface area (Å²) in [6.07, 6.45) is 0.910. The summed E-state index contributed by atoms with van der Waals surface area (Å²) in [6.45, 7) is 5.77. The lowest BCUT2D eigenvalue weighted by atomic mass is 10.0. The van der Waals surface area contributed by atoms with E-state index in [0.29, 0.717) is 38.8 Å². The summed E-state index contributed by atoms with van der Waals surface area (Å²) < 4.78 is 0. The molecule has 0 bridgehead atoms. The largest absolute Gasteiger partial charge is 0.480 e. The Kier molecular flexibility index (Phi) is 7.59. The van der Waals surface area contributed by atoms with E-state index in [1.807, 2.05) is 13.8 Å². The second kappa shape index (κ2) is 9.53. The molecule has 2 aliphatic heterocycles. The van der Waals surface area contributed by atoms with Crippen LogP contribution in [0.5, 0.6) is 0 Å². The van der Waals surface area contributed by atoms with Gasteiger partial charge in [0, 0.05) is 13.1 Å². The van der Waals surface area contributed by atoms with Crippen molar-refractivity contribution in [2.75, 3.05) is 13.1 Å². The van der Waals surface area contributed by atoms with E-state index in [2.05, 4.69) is 5.32 Å². The normalized spacial score (nSPS) is 25.0. The van der Waals surface area contributed by atoms with E-state index in [1.54, 1.807) is 0 Å². The number of nitrogens with one attached hydrogen (secondary N) is 1. The molecule has 0 aromatic rings. The highest BCUT2D eigenvalue weighted by Crippen LogP contribution is 2.26. The van der Waals surface area contributed by atoms with Crippen molar-refractivity contribution >= 4 is 23.7 Å². The Hall–Kier alpha value is -2.20. The maximum absolute atomic E-state index is 13.2. The van der Waals surface area contributed by atoms with Gasteiger partial charge < -0.3 is 31.1 Å². The van der Waals surface area contributed by atoms with Crippen LogP contribution in [0.25, 0.3) is 0 Å². The molecule has 3 amide bonds. The monoisotopic (exact) mass is 412 g/mol. The van der Waals surface area contributed by atoms with Crippen LogP contribution in [-0.2, 0) is 19.2 Å². The van der Waals surface area contributed by atoms with Gasteiger partial charge in [-0.1, -0.05) is 13.8 Å². The molecule has 10 heteroatoms. The molecule has 0 aromatic carbocycles. The Morgan fingerprint density at radius 3 is 2.07 bits per heavy atom. The number of likely N-dealkylation sites (tertiary alicyclic amines) is 2. The maximum atomic E-state index is 13.2. The Bertz CT molecular complexity index is 653. The Balaban J connectivity index is 2.11. The van der Waals surface area contributed by atoms with Crippen LogP contribution in [0.3, 0.4) is 0 Å². The number of carboxylic acids is 1. The predicted molar refractivity (Wildman–Crippen MR) is 104 cm³/mol. The quantitative estimate of drug-likeness (QED) is 0.414. The van der Waals surface area contributed by atoms with Crippen molar-refractivity contribution in [1.29, 1.82) is 0 Å². The third kappa shape index (κ3) is 5.05. The number of carbonyl (C=O) groups is 4. The van der Waals surface area contributed by atoms with Crippen molar-refractivity contribution in [3.63, 3.8) is 0 Å². The Morgan fingerprint density at radius 2 is 1.55 bits per heavy atom. The van der Waals surface area contributed by atoms with Crippen LogP contribution in [-0.4, -0.2) is 87.1 Å². The van der Waals surface area contributed by atoms with Crippen molar-refractivity contribution in [3.05, 3.63) is 0 Å². The molecular weight excluding hydrogens is 380 g/mol. The third-order valence-electron chi connectivity index (χ3n) is 5.71. The lowest BCUT2D eigenvalue weighted by molar-refractivity contribution is -0.149. The number of aliphatic carboxylic acids is 1. The highest BCUT2D eigenvalue weighted by molar-refractivity contribution is 5.95. The van der Waals surface area contributed by atoms with Gasteiger partial charge in [0.1, 0.15) is 12.1 Å². The summed E-state index contributed by atoms with van der Waals surface area (Å²) >= 11 is 0. The number of hydrogen-bond donors (Lipinski definition) is 4. The van der Waals surface area contributed by atoms with Gasteiger partial charge in [-0.15, -0.1) is 0 Å². The summed E-state index contributed by atoms with van der Waals surface area (Å²) in [4.78, 5) is 52.7. The predicted octanol–water partition coefficient (Wildman–Crippen LogP) is -1.10. The third-order valence-corrected chi connectivity index (χ3v) is 5.71. The molecular formula is C19H32N4O6. The van der Waals surface area contributed by atoms with E-state index in [1.165, 1.54) is 16.7 Å². The second-order valence-corrected chi connectivity index (χ2v) is 8.21. The lowest BCUT2D eigenvalue weighted by Crippen LogP contribution is -2.57. The molecule has 5 atom stereocenters. The molecule has 29 heavy (non-hydrogen) atoms. The summed E-state index contributed by atoms with van der Waals surface area (Å²) in [6, 6.07) is -3.62. The minimum Gasteiger partial charge on any atom is -0.480 e. The lowest BCUT2D eigenvalue weighted by Gasteiger charge is -2.33. The molecule has 0 spiro atoms. The molecule has 2 saturated heterocycles. The molecule has 164 valence electrons. The summed E-state index contributed by atoms with van der Waals surface area (Å²) in [7, 11) is 0. The summed E-state index contributed by atoms with van der Waals surface area (Å²) in [5.74, 6) is -2.60. The molecule has 5 unspecified atom stereocenters. The number of nitrogens with zero attached hydrogens (tertiary/aromatic N) is 2. The van der Waals surface area contributed by atoms with Crippen LogP contribution in [0.2, 0.25) is 0 Å². The number of amides is 3. The highest BCUT2D eigenvalue weighted by Gasteiger charge is 2.43. The first-order chi connectivity index (χ1) is 13.6. The van der Waals surface area contributed by atoms with Gasteiger partial charge in [-0.3, -0.25) is 14.4 Å². The van der Waals surface area contributed by atoms with E-state index in [-0.39, 0.29) is 17.7 Å². The fourth-order valence-electron chi connectivity index (χ4n) is 3.90.